The molecule has 0 bridgehead atoms. The second-order valence-corrected chi connectivity index (χ2v) is 8.26. The Hall–Kier alpha value is 0.137. The highest BCUT2D eigenvalue weighted by Crippen LogP contribution is 2.12. The summed E-state index contributed by atoms with van der Waals surface area (Å²) in [5, 5.41) is 0. The largest absolute Gasteiger partial charge is 0.356 e. The fourth-order valence-corrected chi connectivity index (χ4v) is 2.23. The molecule has 3 heteroatoms. The molecule has 0 spiro atoms. The first-order valence-electron chi connectivity index (χ1n) is 3.33. The van der Waals surface area contributed by atoms with Crippen LogP contribution in [0, 0.1) is 0 Å². The van der Waals surface area contributed by atoms with E-state index in [0.717, 1.165) is 12.5 Å². The molecule has 1 aliphatic rings. The van der Waals surface area contributed by atoms with Crippen LogP contribution in [-0.4, -0.2) is 26.8 Å². The van der Waals surface area contributed by atoms with Gasteiger partial charge in [-0.3, -0.25) is 0 Å². The molecule has 54 valence electrons. The highest BCUT2D eigenvalue weighted by Gasteiger charge is 2.28. The quantitative estimate of drug-likeness (QED) is 0.478. The minimum atomic E-state index is -1.08. The summed E-state index contributed by atoms with van der Waals surface area (Å²) in [6.45, 7) is 6.50. The van der Waals surface area contributed by atoms with Gasteiger partial charge in [-0.15, -0.1) is 0 Å². The molecule has 0 saturated carbocycles. The molecule has 1 heterocycles. The molecule has 0 N–H and O–H groups in total. The molecule has 0 radical (unpaired) electrons. The summed E-state index contributed by atoms with van der Waals surface area (Å²) in [6, 6.07) is 0. The van der Waals surface area contributed by atoms with Crippen molar-refractivity contribution < 1.29 is 9.47 Å². The SMILES string of the molecule is CC1OC[Si](C)(C)CO1. The molecular weight excluding hydrogens is 132 g/mol. The lowest BCUT2D eigenvalue weighted by Crippen LogP contribution is -2.46. The monoisotopic (exact) mass is 146 g/mol. The van der Waals surface area contributed by atoms with Gasteiger partial charge in [0.15, 0.2) is 6.29 Å². The van der Waals surface area contributed by atoms with Crippen molar-refractivity contribution in [1.82, 2.24) is 0 Å². The van der Waals surface area contributed by atoms with E-state index in [9.17, 15) is 0 Å². The second-order valence-electron chi connectivity index (χ2n) is 3.35. The van der Waals surface area contributed by atoms with Crippen LogP contribution in [0.5, 0.6) is 0 Å². The van der Waals surface area contributed by atoms with Crippen molar-refractivity contribution in [2.75, 3.05) is 12.5 Å². The topological polar surface area (TPSA) is 18.5 Å². The predicted molar refractivity (Wildman–Crippen MR) is 38.8 cm³/mol. The Kier molecular flexibility index (Phi) is 1.93. The van der Waals surface area contributed by atoms with Crippen LogP contribution in [0.25, 0.3) is 0 Å². The van der Waals surface area contributed by atoms with E-state index in [-0.39, 0.29) is 6.29 Å². The molecule has 0 unspecified atom stereocenters. The molecule has 1 saturated heterocycles. The number of hydrogen-bond acceptors (Lipinski definition) is 2. The van der Waals surface area contributed by atoms with Gasteiger partial charge in [-0.2, -0.15) is 0 Å². The van der Waals surface area contributed by atoms with E-state index in [4.69, 9.17) is 9.47 Å². The highest BCUT2D eigenvalue weighted by molar-refractivity contribution is 6.77. The molecule has 2 nitrogen and oxygen atoms in total. The summed E-state index contributed by atoms with van der Waals surface area (Å²) < 4.78 is 10.7. The van der Waals surface area contributed by atoms with Gasteiger partial charge in [-0.25, -0.2) is 0 Å². The Morgan fingerprint density at radius 1 is 1.22 bits per heavy atom. The van der Waals surface area contributed by atoms with Crippen molar-refractivity contribution in [2.45, 2.75) is 26.3 Å². The lowest BCUT2D eigenvalue weighted by molar-refractivity contribution is -0.124. The Morgan fingerprint density at radius 2 is 1.67 bits per heavy atom. The van der Waals surface area contributed by atoms with Gasteiger partial charge in [-0.05, 0) is 6.92 Å². The lowest BCUT2D eigenvalue weighted by atomic mass is 10.8. The van der Waals surface area contributed by atoms with Crippen LogP contribution >= 0.6 is 0 Å². The van der Waals surface area contributed by atoms with Crippen LogP contribution < -0.4 is 0 Å². The molecule has 1 aliphatic heterocycles. The average Bonchev–Trinajstić information content (AvgIpc) is 1.78. The van der Waals surface area contributed by atoms with E-state index < -0.39 is 8.07 Å². The van der Waals surface area contributed by atoms with Gasteiger partial charge in [0.05, 0.1) is 0 Å². The first-order chi connectivity index (χ1) is 4.10. The molecule has 1 fully saturated rings. The van der Waals surface area contributed by atoms with E-state index >= 15 is 0 Å². The standard InChI is InChI=1S/C6H14O2Si/c1-6-7-4-9(2,3)5-8-6/h6H,4-5H2,1-3H3. The Balaban J connectivity index is 2.35. The van der Waals surface area contributed by atoms with E-state index in [0.29, 0.717) is 0 Å². The zero-order chi connectivity index (χ0) is 6.91. The summed E-state index contributed by atoms with van der Waals surface area (Å²) in [5.74, 6) is 0. The third-order valence-electron chi connectivity index (χ3n) is 1.42. The van der Waals surface area contributed by atoms with Crippen molar-refractivity contribution >= 4 is 8.07 Å². The van der Waals surface area contributed by atoms with Crippen LogP contribution in [0.15, 0.2) is 0 Å². The first kappa shape index (κ1) is 7.25. The predicted octanol–water partition coefficient (Wildman–Crippen LogP) is 1.17. The summed E-state index contributed by atoms with van der Waals surface area (Å²) in [7, 11) is -1.08. The molecule has 0 aromatic carbocycles. The normalized spacial score (nSPS) is 28.3. The van der Waals surface area contributed by atoms with E-state index in [1.54, 1.807) is 0 Å². The lowest BCUT2D eigenvalue weighted by Gasteiger charge is -2.31. The third-order valence-corrected chi connectivity index (χ3v) is 3.31. The van der Waals surface area contributed by atoms with Crippen molar-refractivity contribution in [1.29, 1.82) is 0 Å². The maximum Gasteiger partial charge on any atom is 0.153 e. The minimum Gasteiger partial charge on any atom is -0.356 e. The summed E-state index contributed by atoms with van der Waals surface area (Å²) >= 11 is 0. The first-order valence-corrected chi connectivity index (χ1v) is 6.75. The summed E-state index contributed by atoms with van der Waals surface area (Å²) in [5.41, 5.74) is 0. The minimum absolute atomic E-state index is 0.0329. The molecule has 0 aliphatic carbocycles. The fraction of sp³-hybridized carbons (Fsp3) is 1.00. The van der Waals surface area contributed by atoms with Crippen molar-refractivity contribution in [3.05, 3.63) is 0 Å². The second kappa shape index (κ2) is 2.40. The van der Waals surface area contributed by atoms with Crippen LogP contribution in [0.3, 0.4) is 0 Å². The van der Waals surface area contributed by atoms with Gasteiger partial charge < -0.3 is 9.47 Å². The van der Waals surface area contributed by atoms with Crippen LogP contribution in [0.1, 0.15) is 6.92 Å². The van der Waals surface area contributed by atoms with Crippen molar-refractivity contribution in [2.24, 2.45) is 0 Å². The zero-order valence-corrected chi connectivity index (χ0v) is 7.31. The Bertz CT molecular complexity index is 93.2. The van der Waals surface area contributed by atoms with Crippen LogP contribution in [0.2, 0.25) is 13.1 Å². The maximum absolute atomic E-state index is 5.33. The van der Waals surface area contributed by atoms with E-state index in [2.05, 4.69) is 13.1 Å². The van der Waals surface area contributed by atoms with E-state index in [1.165, 1.54) is 0 Å². The smallest absolute Gasteiger partial charge is 0.153 e. The van der Waals surface area contributed by atoms with Gasteiger partial charge in [0.1, 0.15) is 8.07 Å². The van der Waals surface area contributed by atoms with Gasteiger partial charge in [0, 0.05) is 12.5 Å². The molecular formula is C6H14O2Si. The van der Waals surface area contributed by atoms with Gasteiger partial charge in [0.2, 0.25) is 0 Å². The van der Waals surface area contributed by atoms with Crippen molar-refractivity contribution in [3.8, 4) is 0 Å². The summed E-state index contributed by atoms with van der Waals surface area (Å²) in [6.07, 6.45) is 1.94. The maximum atomic E-state index is 5.33. The molecule has 0 aromatic heterocycles. The molecule has 0 atom stereocenters. The van der Waals surface area contributed by atoms with Crippen LogP contribution in [-0.2, 0) is 9.47 Å². The number of ether oxygens (including phenoxy) is 2. The summed E-state index contributed by atoms with van der Waals surface area (Å²) in [4.78, 5) is 0. The Labute approximate surface area is 57.2 Å². The Morgan fingerprint density at radius 3 is 2.00 bits per heavy atom. The molecule has 9 heavy (non-hydrogen) atoms. The fourth-order valence-electron chi connectivity index (χ4n) is 0.776. The number of rotatable bonds is 0. The molecule has 0 aromatic rings. The van der Waals surface area contributed by atoms with Gasteiger partial charge in [-0.1, -0.05) is 13.1 Å². The number of hydrogen-bond donors (Lipinski definition) is 0. The average molecular weight is 146 g/mol. The van der Waals surface area contributed by atoms with Crippen LogP contribution in [0.4, 0.5) is 0 Å². The van der Waals surface area contributed by atoms with E-state index in [1.807, 2.05) is 6.92 Å². The van der Waals surface area contributed by atoms with Gasteiger partial charge in [0.25, 0.3) is 0 Å². The highest BCUT2D eigenvalue weighted by atomic mass is 28.3. The molecule has 0 amide bonds. The zero-order valence-electron chi connectivity index (χ0n) is 6.31. The molecule has 1 rings (SSSR count). The van der Waals surface area contributed by atoms with Crippen molar-refractivity contribution in [3.63, 3.8) is 0 Å². The van der Waals surface area contributed by atoms with Gasteiger partial charge >= 0.3 is 0 Å². The third kappa shape index (κ3) is 2.08.